The molecule has 4 nitrogen and oxygen atoms in total. The van der Waals surface area contributed by atoms with Gasteiger partial charge in [-0.05, 0) is 30.5 Å². The molecule has 0 saturated carbocycles. The number of fused-ring (bicyclic) bond motifs is 1. The molecule has 124 valence electrons. The Morgan fingerprint density at radius 1 is 0.958 bits per heavy atom. The van der Waals surface area contributed by atoms with Crippen molar-refractivity contribution in [3.63, 3.8) is 0 Å². The molecule has 3 rings (SSSR count). The van der Waals surface area contributed by atoms with Crippen LogP contribution >= 0.6 is 0 Å². The summed E-state index contributed by atoms with van der Waals surface area (Å²) >= 11 is 0. The highest BCUT2D eigenvalue weighted by molar-refractivity contribution is 5.77. The molecule has 0 aliphatic carbocycles. The summed E-state index contributed by atoms with van der Waals surface area (Å²) < 4.78 is 0. The van der Waals surface area contributed by atoms with Crippen molar-refractivity contribution in [2.45, 2.75) is 32.9 Å². The highest BCUT2D eigenvalue weighted by atomic mass is 16.1. The Balaban J connectivity index is 1.91. The van der Waals surface area contributed by atoms with Crippen LogP contribution in [0, 0.1) is 5.92 Å². The number of nitrogens with zero attached hydrogens (tertiary/aromatic N) is 1. The average molecular weight is 321 g/mol. The van der Waals surface area contributed by atoms with Crippen LogP contribution in [-0.4, -0.2) is 9.97 Å². The Morgan fingerprint density at radius 2 is 1.62 bits per heavy atom. The second-order valence-electron chi connectivity index (χ2n) is 6.49. The van der Waals surface area contributed by atoms with Gasteiger partial charge in [-0.3, -0.25) is 4.79 Å². The quantitative estimate of drug-likeness (QED) is 0.747. The molecule has 0 unspecified atom stereocenters. The molecule has 3 aromatic rings. The molecule has 24 heavy (non-hydrogen) atoms. The van der Waals surface area contributed by atoms with Crippen LogP contribution in [0.25, 0.3) is 10.9 Å². The molecule has 0 aliphatic heterocycles. The van der Waals surface area contributed by atoms with Crippen LogP contribution in [0.3, 0.4) is 0 Å². The Hall–Kier alpha value is -2.46. The SMILES string of the molecule is CC(C)[C@@H](N[C@H](C)c1nc2ccccc2c(=O)[nH]1)c1ccccc1. The predicted octanol–water partition coefficient (Wildman–Crippen LogP) is 3.97. The molecule has 0 amide bonds. The van der Waals surface area contributed by atoms with Crippen LogP contribution in [-0.2, 0) is 0 Å². The minimum Gasteiger partial charge on any atom is -0.309 e. The van der Waals surface area contributed by atoms with Crippen LogP contribution < -0.4 is 10.9 Å². The van der Waals surface area contributed by atoms with Gasteiger partial charge in [0.1, 0.15) is 5.82 Å². The maximum absolute atomic E-state index is 12.3. The standard InChI is InChI=1S/C20H23N3O/c1-13(2)18(15-9-5-4-6-10-15)21-14(3)19-22-17-12-8-7-11-16(17)20(24)23-19/h4-14,18,21H,1-3H3,(H,22,23,24)/t14-,18-/m1/s1. The first-order valence-corrected chi connectivity index (χ1v) is 8.36. The first-order chi connectivity index (χ1) is 11.6. The first-order valence-electron chi connectivity index (χ1n) is 8.36. The van der Waals surface area contributed by atoms with Gasteiger partial charge in [-0.2, -0.15) is 0 Å². The van der Waals surface area contributed by atoms with Gasteiger partial charge in [-0.15, -0.1) is 0 Å². The summed E-state index contributed by atoms with van der Waals surface area (Å²) in [5.74, 6) is 1.09. The van der Waals surface area contributed by atoms with E-state index in [4.69, 9.17) is 0 Å². The van der Waals surface area contributed by atoms with Crippen molar-refractivity contribution in [3.05, 3.63) is 76.3 Å². The van der Waals surface area contributed by atoms with E-state index in [2.05, 4.69) is 41.3 Å². The fourth-order valence-electron chi connectivity index (χ4n) is 2.99. The molecule has 2 atom stereocenters. The molecule has 2 N–H and O–H groups in total. The van der Waals surface area contributed by atoms with E-state index in [0.717, 1.165) is 5.52 Å². The number of hydrogen-bond donors (Lipinski definition) is 2. The van der Waals surface area contributed by atoms with Crippen molar-refractivity contribution in [1.29, 1.82) is 0 Å². The van der Waals surface area contributed by atoms with Gasteiger partial charge >= 0.3 is 0 Å². The zero-order valence-corrected chi connectivity index (χ0v) is 14.3. The van der Waals surface area contributed by atoms with E-state index >= 15 is 0 Å². The number of rotatable bonds is 5. The number of benzene rings is 2. The van der Waals surface area contributed by atoms with Crippen molar-refractivity contribution in [1.82, 2.24) is 15.3 Å². The Bertz CT molecular complexity index is 871. The molecule has 0 bridgehead atoms. The normalized spacial score (nSPS) is 14.0. The number of aromatic nitrogens is 2. The van der Waals surface area contributed by atoms with Crippen molar-refractivity contribution in [2.75, 3.05) is 0 Å². The smallest absolute Gasteiger partial charge is 0.258 e. The van der Waals surface area contributed by atoms with E-state index in [-0.39, 0.29) is 17.6 Å². The monoisotopic (exact) mass is 321 g/mol. The van der Waals surface area contributed by atoms with Gasteiger partial charge in [0.2, 0.25) is 0 Å². The van der Waals surface area contributed by atoms with Crippen molar-refractivity contribution < 1.29 is 0 Å². The third kappa shape index (κ3) is 3.39. The van der Waals surface area contributed by atoms with Gasteiger partial charge in [0.05, 0.1) is 16.9 Å². The zero-order valence-electron chi connectivity index (χ0n) is 14.3. The average Bonchev–Trinajstić information content (AvgIpc) is 2.60. The highest BCUT2D eigenvalue weighted by Gasteiger charge is 2.20. The summed E-state index contributed by atoms with van der Waals surface area (Å²) in [6.45, 7) is 6.41. The van der Waals surface area contributed by atoms with Crippen molar-refractivity contribution in [2.24, 2.45) is 5.92 Å². The van der Waals surface area contributed by atoms with E-state index in [1.807, 2.05) is 43.3 Å². The first kappa shape index (κ1) is 16.4. The maximum Gasteiger partial charge on any atom is 0.258 e. The lowest BCUT2D eigenvalue weighted by Crippen LogP contribution is -2.30. The molecule has 4 heteroatoms. The summed E-state index contributed by atoms with van der Waals surface area (Å²) in [4.78, 5) is 19.8. The van der Waals surface area contributed by atoms with E-state index in [9.17, 15) is 4.79 Å². The third-order valence-electron chi connectivity index (χ3n) is 4.30. The van der Waals surface area contributed by atoms with Gasteiger partial charge in [0.15, 0.2) is 0 Å². The predicted molar refractivity (Wildman–Crippen MR) is 97.9 cm³/mol. The van der Waals surface area contributed by atoms with Gasteiger partial charge in [0, 0.05) is 6.04 Å². The van der Waals surface area contributed by atoms with Crippen LogP contribution in [0.2, 0.25) is 0 Å². The van der Waals surface area contributed by atoms with E-state index in [1.165, 1.54) is 5.56 Å². The lowest BCUT2D eigenvalue weighted by atomic mass is 9.95. The fourth-order valence-corrected chi connectivity index (χ4v) is 2.99. The minimum absolute atomic E-state index is 0.0603. The fraction of sp³-hybridized carbons (Fsp3) is 0.300. The number of aromatic amines is 1. The molecule has 0 fully saturated rings. The number of H-pyrrole nitrogens is 1. The van der Waals surface area contributed by atoms with E-state index in [1.54, 1.807) is 6.07 Å². The topological polar surface area (TPSA) is 57.8 Å². The van der Waals surface area contributed by atoms with Crippen LogP contribution in [0.4, 0.5) is 0 Å². The van der Waals surface area contributed by atoms with Gasteiger partial charge < -0.3 is 10.3 Å². The summed E-state index contributed by atoms with van der Waals surface area (Å²) in [6, 6.07) is 17.9. The molecule has 0 radical (unpaired) electrons. The largest absolute Gasteiger partial charge is 0.309 e. The molecule has 1 aromatic heterocycles. The Kier molecular flexibility index (Phi) is 4.76. The number of para-hydroxylation sites is 1. The summed E-state index contributed by atoms with van der Waals surface area (Å²) in [6.07, 6.45) is 0. The molecule has 0 saturated heterocycles. The molecule has 0 aliphatic rings. The number of hydrogen-bond acceptors (Lipinski definition) is 3. The van der Waals surface area contributed by atoms with Gasteiger partial charge in [-0.1, -0.05) is 56.3 Å². The summed E-state index contributed by atoms with van der Waals surface area (Å²) in [5, 5.41) is 4.23. The third-order valence-corrected chi connectivity index (χ3v) is 4.30. The van der Waals surface area contributed by atoms with Crippen molar-refractivity contribution in [3.8, 4) is 0 Å². The second-order valence-corrected chi connectivity index (χ2v) is 6.49. The van der Waals surface area contributed by atoms with E-state index < -0.39 is 0 Å². The zero-order chi connectivity index (χ0) is 17.1. The Labute approximate surface area is 142 Å². The molecular weight excluding hydrogens is 298 g/mol. The summed E-state index contributed by atoms with van der Waals surface area (Å²) in [7, 11) is 0. The summed E-state index contributed by atoms with van der Waals surface area (Å²) in [5.41, 5.74) is 1.87. The van der Waals surface area contributed by atoms with Gasteiger partial charge in [0.25, 0.3) is 5.56 Å². The molecule has 1 heterocycles. The highest BCUT2D eigenvalue weighted by Crippen LogP contribution is 2.24. The van der Waals surface area contributed by atoms with Crippen LogP contribution in [0.15, 0.2) is 59.4 Å². The minimum atomic E-state index is -0.0925. The van der Waals surface area contributed by atoms with Crippen LogP contribution in [0.1, 0.15) is 44.2 Å². The maximum atomic E-state index is 12.3. The molecule has 0 spiro atoms. The van der Waals surface area contributed by atoms with Crippen LogP contribution in [0.5, 0.6) is 0 Å². The van der Waals surface area contributed by atoms with Gasteiger partial charge in [-0.25, -0.2) is 4.98 Å². The van der Waals surface area contributed by atoms with Crippen molar-refractivity contribution >= 4 is 10.9 Å². The molecular formula is C20H23N3O. The molecule has 2 aromatic carbocycles. The number of nitrogens with one attached hydrogen (secondary N) is 2. The van der Waals surface area contributed by atoms with E-state index in [0.29, 0.717) is 17.1 Å². The lowest BCUT2D eigenvalue weighted by Gasteiger charge is -2.26. The Morgan fingerprint density at radius 3 is 2.33 bits per heavy atom. The second kappa shape index (κ2) is 6.97. The lowest BCUT2D eigenvalue weighted by molar-refractivity contribution is 0.367.